The van der Waals surface area contributed by atoms with Crippen molar-refractivity contribution in [3.05, 3.63) is 34.9 Å². The van der Waals surface area contributed by atoms with E-state index in [2.05, 4.69) is 26.8 Å². The Balaban J connectivity index is 3.13. The lowest BCUT2D eigenvalue weighted by atomic mass is 9.96. The molecule has 0 aliphatic carbocycles. The average molecular weight is 176 g/mol. The van der Waals surface area contributed by atoms with Gasteiger partial charge < -0.3 is 5.73 Å². The molecule has 0 spiro atoms. The Morgan fingerprint density at radius 1 is 1.38 bits per heavy atom. The summed E-state index contributed by atoms with van der Waals surface area (Å²) in [5.41, 5.74) is 8.73. The number of rotatable bonds is 2. The van der Waals surface area contributed by atoms with Crippen LogP contribution in [0, 0.1) is 12.3 Å². The second-order valence-electron chi connectivity index (χ2n) is 3.64. The van der Waals surface area contributed by atoms with Crippen LogP contribution in [0.25, 0.3) is 0 Å². The first-order valence-electron chi connectivity index (χ1n) is 4.47. The SMILES string of the molecule is Cc1cc(C(=N)N)ccc1C(C)C. The number of benzene rings is 1. The number of aryl methyl sites for hydroxylation is 1. The zero-order valence-corrected chi connectivity index (χ0v) is 8.39. The lowest BCUT2D eigenvalue weighted by Crippen LogP contribution is -2.11. The Morgan fingerprint density at radius 3 is 2.38 bits per heavy atom. The van der Waals surface area contributed by atoms with Crippen molar-refractivity contribution >= 4 is 5.84 Å². The van der Waals surface area contributed by atoms with Crippen molar-refractivity contribution in [2.75, 3.05) is 0 Å². The van der Waals surface area contributed by atoms with E-state index in [0.717, 1.165) is 5.56 Å². The summed E-state index contributed by atoms with van der Waals surface area (Å²) in [6.07, 6.45) is 0. The highest BCUT2D eigenvalue weighted by atomic mass is 14.7. The molecule has 0 unspecified atom stereocenters. The van der Waals surface area contributed by atoms with Crippen LogP contribution in [-0.4, -0.2) is 5.84 Å². The Bertz CT molecular complexity index is 327. The summed E-state index contributed by atoms with van der Waals surface area (Å²) in [6, 6.07) is 5.93. The van der Waals surface area contributed by atoms with E-state index >= 15 is 0 Å². The molecular formula is C11H16N2. The van der Waals surface area contributed by atoms with E-state index in [1.165, 1.54) is 11.1 Å². The minimum absolute atomic E-state index is 0.137. The van der Waals surface area contributed by atoms with E-state index < -0.39 is 0 Å². The molecule has 1 aromatic rings. The lowest BCUT2D eigenvalue weighted by Gasteiger charge is -2.10. The van der Waals surface area contributed by atoms with Gasteiger partial charge in [-0.2, -0.15) is 0 Å². The summed E-state index contributed by atoms with van der Waals surface area (Å²) in [7, 11) is 0. The Morgan fingerprint density at radius 2 is 2.00 bits per heavy atom. The lowest BCUT2D eigenvalue weighted by molar-refractivity contribution is 0.856. The standard InChI is InChI=1S/C11H16N2/c1-7(2)10-5-4-9(11(12)13)6-8(10)3/h4-7H,1-3H3,(H3,12,13). The molecule has 0 aliphatic rings. The largest absolute Gasteiger partial charge is 0.384 e. The van der Waals surface area contributed by atoms with Gasteiger partial charge in [0, 0.05) is 5.56 Å². The van der Waals surface area contributed by atoms with Gasteiger partial charge in [-0.15, -0.1) is 0 Å². The molecule has 0 radical (unpaired) electrons. The molecule has 2 nitrogen and oxygen atoms in total. The van der Waals surface area contributed by atoms with Crippen molar-refractivity contribution in [2.45, 2.75) is 26.7 Å². The fourth-order valence-corrected chi connectivity index (χ4v) is 1.49. The third-order valence-corrected chi connectivity index (χ3v) is 2.20. The first kappa shape index (κ1) is 9.78. The topological polar surface area (TPSA) is 49.9 Å². The Labute approximate surface area is 79.3 Å². The van der Waals surface area contributed by atoms with E-state index in [1.807, 2.05) is 12.1 Å². The van der Waals surface area contributed by atoms with Crippen molar-refractivity contribution in [3.63, 3.8) is 0 Å². The monoisotopic (exact) mass is 176 g/mol. The molecule has 0 amide bonds. The second kappa shape index (κ2) is 3.60. The molecule has 2 heteroatoms. The molecule has 3 N–H and O–H groups in total. The van der Waals surface area contributed by atoms with Gasteiger partial charge in [-0.3, -0.25) is 5.41 Å². The molecule has 0 aromatic heterocycles. The maximum Gasteiger partial charge on any atom is 0.122 e. The number of nitrogens with one attached hydrogen (secondary N) is 1. The molecule has 0 bridgehead atoms. The van der Waals surface area contributed by atoms with Crippen LogP contribution in [0.5, 0.6) is 0 Å². The normalized spacial score (nSPS) is 10.5. The number of amidine groups is 1. The molecule has 0 saturated carbocycles. The van der Waals surface area contributed by atoms with E-state index in [0.29, 0.717) is 5.92 Å². The van der Waals surface area contributed by atoms with Crippen molar-refractivity contribution in [1.29, 1.82) is 5.41 Å². The van der Waals surface area contributed by atoms with E-state index in [9.17, 15) is 0 Å². The summed E-state index contributed by atoms with van der Waals surface area (Å²) in [5.74, 6) is 0.666. The van der Waals surface area contributed by atoms with Gasteiger partial charge in [0.1, 0.15) is 5.84 Å². The number of nitrogens with two attached hydrogens (primary N) is 1. The predicted octanol–water partition coefficient (Wildman–Crippen LogP) is 2.40. The molecule has 0 saturated heterocycles. The summed E-state index contributed by atoms with van der Waals surface area (Å²) in [4.78, 5) is 0. The molecule has 70 valence electrons. The third-order valence-electron chi connectivity index (χ3n) is 2.20. The minimum Gasteiger partial charge on any atom is -0.384 e. The van der Waals surface area contributed by atoms with Gasteiger partial charge in [0.25, 0.3) is 0 Å². The molecule has 0 fully saturated rings. The summed E-state index contributed by atoms with van der Waals surface area (Å²) < 4.78 is 0. The van der Waals surface area contributed by atoms with Crippen LogP contribution in [-0.2, 0) is 0 Å². The zero-order chi connectivity index (χ0) is 10.0. The zero-order valence-electron chi connectivity index (χ0n) is 8.39. The minimum atomic E-state index is 0.137. The fraction of sp³-hybridized carbons (Fsp3) is 0.364. The van der Waals surface area contributed by atoms with Crippen LogP contribution >= 0.6 is 0 Å². The van der Waals surface area contributed by atoms with E-state index in [4.69, 9.17) is 11.1 Å². The molecule has 13 heavy (non-hydrogen) atoms. The van der Waals surface area contributed by atoms with E-state index in [1.54, 1.807) is 0 Å². The van der Waals surface area contributed by atoms with Gasteiger partial charge in [-0.05, 0) is 30.0 Å². The van der Waals surface area contributed by atoms with Gasteiger partial charge in [0.05, 0.1) is 0 Å². The van der Waals surface area contributed by atoms with Crippen LogP contribution in [0.4, 0.5) is 0 Å². The highest BCUT2D eigenvalue weighted by Crippen LogP contribution is 2.19. The van der Waals surface area contributed by atoms with Gasteiger partial charge >= 0.3 is 0 Å². The smallest absolute Gasteiger partial charge is 0.122 e. The van der Waals surface area contributed by atoms with Crippen molar-refractivity contribution in [3.8, 4) is 0 Å². The summed E-state index contributed by atoms with van der Waals surface area (Å²) in [6.45, 7) is 6.38. The van der Waals surface area contributed by atoms with Crippen molar-refractivity contribution in [2.24, 2.45) is 5.73 Å². The Kier molecular flexibility index (Phi) is 2.71. The maximum atomic E-state index is 7.29. The first-order valence-corrected chi connectivity index (χ1v) is 4.47. The van der Waals surface area contributed by atoms with Gasteiger partial charge in [-0.1, -0.05) is 26.0 Å². The van der Waals surface area contributed by atoms with E-state index in [-0.39, 0.29) is 5.84 Å². The first-order chi connectivity index (χ1) is 6.02. The van der Waals surface area contributed by atoms with Crippen molar-refractivity contribution < 1.29 is 0 Å². The van der Waals surface area contributed by atoms with Crippen LogP contribution < -0.4 is 5.73 Å². The summed E-state index contributed by atoms with van der Waals surface area (Å²) >= 11 is 0. The number of hydrogen-bond acceptors (Lipinski definition) is 1. The molecule has 0 heterocycles. The number of hydrogen-bond donors (Lipinski definition) is 2. The molecule has 1 rings (SSSR count). The number of nitrogen functional groups attached to an aromatic ring is 1. The highest BCUT2D eigenvalue weighted by Gasteiger charge is 2.04. The van der Waals surface area contributed by atoms with Crippen LogP contribution in [0.1, 0.15) is 36.5 Å². The van der Waals surface area contributed by atoms with Gasteiger partial charge in [0.2, 0.25) is 0 Å². The predicted molar refractivity (Wildman–Crippen MR) is 56.3 cm³/mol. The molecular weight excluding hydrogens is 160 g/mol. The second-order valence-corrected chi connectivity index (χ2v) is 3.64. The molecule has 0 aliphatic heterocycles. The summed E-state index contributed by atoms with van der Waals surface area (Å²) in [5, 5.41) is 7.29. The quantitative estimate of drug-likeness (QED) is 0.527. The third kappa shape index (κ3) is 2.08. The molecule has 1 aromatic carbocycles. The van der Waals surface area contributed by atoms with Crippen molar-refractivity contribution in [1.82, 2.24) is 0 Å². The Hall–Kier alpha value is -1.31. The fourth-order valence-electron chi connectivity index (χ4n) is 1.49. The van der Waals surface area contributed by atoms with Gasteiger partial charge in [-0.25, -0.2) is 0 Å². The maximum absolute atomic E-state index is 7.29. The van der Waals surface area contributed by atoms with Gasteiger partial charge in [0.15, 0.2) is 0 Å². The van der Waals surface area contributed by atoms with Crippen LogP contribution in [0.15, 0.2) is 18.2 Å². The average Bonchev–Trinajstić information content (AvgIpc) is 2.03. The molecule has 0 atom stereocenters. The highest BCUT2D eigenvalue weighted by molar-refractivity contribution is 5.95. The van der Waals surface area contributed by atoms with Crippen LogP contribution in [0.2, 0.25) is 0 Å². The van der Waals surface area contributed by atoms with Crippen LogP contribution in [0.3, 0.4) is 0 Å².